The highest BCUT2D eigenvalue weighted by molar-refractivity contribution is 9.10. The van der Waals surface area contributed by atoms with Gasteiger partial charge in [0.25, 0.3) is 0 Å². The van der Waals surface area contributed by atoms with Gasteiger partial charge in [0.15, 0.2) is 9.84 Å². The van der Waals surface area contributed by atoms with Gasteiger partial charge in [0.2, 0.25) is 0 Å². The quantitative estimate of drug-likeness (QED) is 0.822. The Morgan fingerprint density at radius 2 is 1.89 bits per heavy atom. The molecule has 2 atom stereocenters. The minimum Gasteiger partial charge on any atom is -0.314 e. The van der Waals surface area contributed by atoms with E-state index in [0.29, 0.717) is 15.8 Å². The number of rotatable bonds is 7. The summed E-state index contributed by atoms with van der Waals surface area (Å²) in [6.07, 6.45) is 1.67. The maximum Gasteiger partial charge on any atom is 0.182 e. The average Bonchev–Trinajstić information content (AvgIpc) is 2.36. The molecule has 0 saturated heterocycles. The maximum atomic E-state index is 12.5. The van der Waals surface area contributed by atoms with Crippen LogP contribution in [0.1, 0.15) is 33.6 Å². The third kappa shape index (κ3) is 4.58. The Hall–Kier alpha value is -0.390. The Morgan fingerprint density at radius 3 is 2.47 bits per heavy atom. The van der Waals surface area contributed by atoms with E-state index in [9.17, 15) is 8.42 Å². The van der Waals surface area contributed by atoms with Crippen LogP contribution in [0.3, 0.4) is 0 Å². The van der Waals surface area contributed by atoms with Crippen LogP contribution in [0.2, 0.25) is 0 Å². The van der Waals surface area contributed by atoms with Crippen LogP contribution in [0.4, 0.5) is 0 Å². The van der Waals surface area contributed by atoms with E-state index < -0.39 is 15.1 Å². The van der Waals surface area contributed by atoms with Crippen molar-refractivity contribution in [3.05, 3.63) is 28.7 Å². The van der Waals surface area contributed by atoms with Crippen molar-refractivity contribution < 1.29 is 8.42 Å². The van der Waals surface area contributed by atoms with E-state index in [0.717, 1.165) is 13.0 Å². The summed E-state index contributed by atoms with van der Waals surface area (Å²) in [6.45, 7) is 6.82. The summed E-state index contributed by atoms with van der Waals surface area (Å²) in [5, 5.41) is 2.93. The first-order valence-electron chi connectivity index (χ1n) is 6.61. The lowest BCUT2D eigenvalue weighted by molar-refractivity contribution is 0.497. The molecular formula is C14H22BrNO2S. The Kier molecular flexibility index (Phi) is 6.50. The minimum atomic E-state index is -3.28. The predicted octanol–water partition coefficient (Wildman–Crippen LogP) is 3.39. The number of hydrogen-bond donors (Lipinski definition) is 1. The van der Waals surface area contributed by atoms with E-state index in [1.807, 2.05) is 13.0 Å². The van der Waals surface area contributed by atoms with Gasteiger partial charge in [-0.2, -0.15) is 0 Å². The van der Waals surface area contributed by atoms with Crippen LogP contribution < -0.4 is 5.32 Å². The van der Waals surface area contributed by atoms with Gasteiger partial charge in [-0.05, 0) is 61.3 Å². The number of hydrogen-bond acceptors (Lipinski definition) is 3. The molecule has 1 aromatic carbocycles. The van der Waals surface area contributed by atoms with Gasteiger partial charge in [-0.1, -0.05) is 19.1 Å². The highest BCUT2D eigenvalue weighted by Gasteiger charge is 2.26. The molecule has 0 aliphatic carbocycles. The van der Waals surface area contributed by atoms with Gasteiger partial charge in [-0.3, -0.25) is 0 Å². The number of halogens is 1. The lowest BCUT2D eigenvalue weighted by Crippen LogP contribution is -2.32. The standard InChI is InChI=1S/C14H22BrNO2S/c1-4-9-16-11(2)10-12(3)19(17,18)14-8-6-5-7-13(14)15/h5-8,11-12,16H,4,9-10H2,1-3H3. The number of sulfone groups is 1. The van der Waals surface area contributed by atoms with Gasteiger partial charge in [0.05, 0.1) is 10.1 Å². The van der Waals surface area contributed by atoms with Crippen molar-refractivity contribution in [3.8, 4) is 0 Å². The second-order valence-corrected chi connectivity index (χ2v) is 8.07. The zero-order valence-corrected chi connectivity index (χ0v) is 14.1. The Balaban J connectivity index is 2.81. The van der Waals surface area contributed by atoms with Gasteiger partial charge in [0, 0.05) is 10.5 Å². The molecule has 0 aliphatic heterocycles. The van der Waals surface area contributed by atoms with Crippen LogP contribution in [-0.2, 0) is 9.84 Å². The molecule has 5 heteroatoms. The fourth-order valence-electron chi connectivity index (χ4n) is 1.99. The second kappa shape index (κ2) is 7.41. The van der Waals surface area contributed by atoms with Gasteiger partial charge in [0.1, 0.15) is 0 Å². The molecule has 1 rings (SSSR count). The largest absolute Gasteiger partial charge is 0.314 e. The normalized spacial score (nSPS) is 15.2. The smallest absolute Gasteiger partial charge is 0.182 e. The summed E-state index contributed by atoms with van der Waals surface area (Å²) in [7, 11) is -3.28. The Labute approximate surface area is 124 Å². The molecule has 0 aromatic heterocycles. The number of benzene rings is 1. The van der Waals surface area contributed by atoms with Crippen molar-refractivity contribution in [3.63, 3.8) is 0 Å². The van der Waals surface area contributed by atoms with E-state index >= 15 is 0 Å². The molecule has 0 heterocycles. The van der Waals surface area contributed by atoms with Crippen molar-refractivity contribution in [1.29, 1.82) is 0 Å². The van der Waals surface area contributed by atoms with Crippen LogP contribution in [-0.4, -0.2) is 26.3 Å². The average molecular weight is 348 g/mol. The first-order valence-corrected chi connectivity index (χ1v) is 8.95. The maximum absolute atomic E-state index is 12.5. The van der Waals surface area contributed by atoms with Gasteiger partial charge in [-0.25, -0.2) is 8.42 Å². The molecule has 0 saturated carbocycles. The predicted molar refractivity (Wildman–Crippen MR) is 83.2 cm³/mol. The highest BCUT2D eigenvalue weighted by Crippen LogP contribution is 2.26. The lowest BCUT2D eigenvalue weighted by Gasteiger charge is -2.19. The molecule has 1 N–H and O–H groups in total. The van der Waals surface area contributed by atoms with Gasteiger partial charge in [-0.15, -0.1) is 0 Å². The number of nitrogens with one attached hydrogen (secondary N) is 1. The molecule has 0 spiro atoms. The van der Waals surface area contributed by atoms with Crippen LogP contribution in [0, 0.1) is 0 Å². The fourth-order valence-corrected chi connectivity index (χ4v) is 4.54. The van der Waals surface area contributed by atoms with Gasteiger partial charge >= 0.3 is 0 Å². The molecule has 1 aromatic rings. The summed E-state index contributed by atoms with van der Waals surface area (Å²) < 4.78 is 25.6. The fraction of sp³-hybridized carbons (Fsp3) is 0.571. The van der Waals surface area contributed by atoms with Crippen molar-refractivity contribution >= 4 is 25.8 Å². The van der Waals surface area contributed by atoms with E-state index in [-0.39, 0.29) is 6.04 Å². The van der Waals surface area contributed by atoms with Crippen LogP contribution in [0.5, 0.6) is 0 Å². The van der Waals surface area contributed by atoms with E-state index in [2.05, 4.69) is 28.2 Å². The van der Waals surface area contributed by atoms with Crippen molar-refractivity contribution in [2.24, 2.45) is 0 Å². The summed E-state index contributed by atoms with van der Waals surface area (Å²) in [4.78, 5) is 0.380. The summed E-state index contributed by atoms with van der Waals surface area (Å²) in [5.41, 5.74) is 0. The third-order valence-electron chi connectivity index (χ3n) is 3.10. The minimum absolute atomic E-state index is 0.201. The molecule has 19 heavy (non-hydrogen) atoms. The monoisotopic (exact) mass is 347 g/mol. The zero-order chi connectivity index (χ0) is 14.5. The van der Waals surface area contributed by atoms with Gasteiger partial charge < -0.3 is 5.32 Å². The molecule has 0 bridgehead atoms. The molecule has 0 aliphatic rings. The van der Waals surface area contributed by atoms with Crippen LogP contribution in [0.25, 0.3) is 0 Å². The van der Waals surface area contributed by atoms with E-state index in [4.69, 9.17) is 0 Å². The molecule has 0 amide bonds. The molecule has 108 valence electrons. The second-order valence-electron chi connectivity index (χ2n) is 4.88. The molecule has 2 unspecified atom stereocenters. The molecular weight excluding hydrogens is 326 g/mol. The topological polar surface area (TPSA) is 46.2 Å². The van der Waals surface area contributed by atoms with Crippen molar-refractivity contribution in [2.45, 2.75) is 49.8 Å². The summed E-state index contributed by atoms with van der Waals surface area (Å²) in [6, 6.07) is 7.19. The summed E-state index contributed by atoms with van der Waals surface area (Å²) in [5.74, 6) is 0. The Morgan fingerprint density at radius 1 is 1.26 bits per heavy atom. The summed E-state index contributed by atoms with van der Waals surface area (Å²) >= 11 is 3.31. The molecule has 3 nitrogen and oxygen atoms in total. The molecule has 0 fully saturated rings. The first-order chi connectivity index (χ1) is 8.89. The third-order valence-corrected chi connectivity index (χ3v) is 6.28. The first kappa shape index (κ1) is 16.7. The van der Waals surface area contributed by atoms with E-state index in [1.54, 1.807) is 25.1 Å². The van der Waals surface area contributed by atoms with Crippen molar-refractivity contribution in [2.75, 3.05) is 6.54 Å². The highest BCUT2D eigenvalue weighted by atomic mass is 79.9. The van der Waals surface area contributed by atoms with E-state index in [1.165, 1.54) is 0 Å². The Bertz CT molecular complexity index is 502. The zero-order valence-electron chi connectivity index (χ0n) is 11.7. The van der Waals surface area contributed by atoms with Crippen LogP contribution in [0.15, 0.2) is 33.6 Å². The van der Waals surface area contributed by atoms with Crippen molar-refractivity contribution in [1.82, 2.24) is 5.32 Å². The van der Waals surface area contributed by atoms with Crippen LogP contribution >= 0.6 is 15.9 Å². The lowest BCUT2D eigenvalue weighted by atomic mass is 10.2. The molecule has 0 radical (unpaired) electrons. The SMILES string of the molecule is CCCNC(C)CC(C)S(=O)(=O)c1ccccc1Br.